The van der Waals surface area contributed by atoms with Crippen LogP contribution in [0, 0.1) is 11.3 Å². The molecule has 2 aromatic heterocycles. The third kappa shape index (κ3) is 2.99. The summed E-state index contributed by atoms with van der Waals surface area (Å²) in [5, 5.41) is 15.2. The van der Waals surface area contributed by atoms with Crippen LogP contribution in [0.3, 0.4) is 0 Å². The highest BCUT2D eigenvalue weighted by Crippen LogP contribution is 2.31. The second-order valence-electron chi connectivity index (χ2n) is 6.86. The van der Waals surface area contributed by atoms with Gasteiger partial charge in [0, 0.05) is 31.1 Å². The molecule has 7 heteroatoms. The first-order valence-electron chi connectivity index (χ1n) is 8.94. The van der Waals surface area contributed by atoms with Crippen LogP contribution in [0.15, 0.2) is 48.7 Å². The van der Waals surface area contributed by atoms with Gasteiger partial charge in [0.2, 0.25) is 0 Å². The van der Waals surface area contributed by atoms with Gasteiger partial charge in [-0.25, -0.2) is 9.36 Å². The molecule has 0 bridgehead atoms. The first-order valence-corrected chi connectivity index (χ1v) is 8.94. The third-order valence-electron chi connectivity index (χ3n) is 5.12. The highest BCUT2D eigenvalue weighted by atomic mass is 16.2. The predicted molar refractivity (Wildman–Crippen MR) is 100 cm³/mol. The van der Waals surface area contributed by atoms with Crippen molar-refractivity contribution in [1.82, 2.24) is 19.2 Å². The number of para-hydroxylation sites is 1. The fourth-order valence-corrected chi connectivity index (χ4v) is 3.71. The summed E-state index contributed by atoms with van der Waals surface area (Å²) in [6, 6.07) is 8.32. The molecule has 3 aromatic rings. The van der Waals surface area contributed by atoms with Gasteiger partial charge >= 0.3 is 6.03 Å². The smallest absolute Gasteiger partial charge is 0.304 e. The summed E-state index contributed by atoms with van der Waals surface area (Å²) in [7, 11) is 3.78. The van der Waals surface area contributed by atoms with E-state index in [-0.39, 0.29) is 6.03 Å². The molecule has 0 aliphatic carbocycles. The monoisotopic (exact) mass is 361 g/mol. The maximum Gasteiger partial charge on any atom is 0.415 e. The number of nitrogens with zero attached hydrogens (tertiary/aromatic N) is 6. The lowest BCUT2D eigenvalue weighted by Crippen LogP contribution is -2.39. The Hall–Kier alpha value is -3.40. The fourth-order valence-electron chi connectivity index (χ4n) is 3.71. The van der Waals surface area contributed by atoms with Crippen molar-refractivity contribution in [3.8, 4) is 6.07 Å². The molecule has 7 nitrogen and oxygen atoms in total. The number of nitriles is 1. The lowest BCUT2D eigenvalue weighted by Gasteiger charge is -2.27. The third-order valence-corrected chi connectivity index (χ3v) is 5.12. The number of aromatic nitrogens is 4. The summed E-state index contributed by atoms with van der Waals surface area (Å²) in [4.78, 5) is 14.4. The molecule has 0 atom stereocenters. The number of allylic oxidation sites excluding steroid dienone is 1. The minimum atomic E-state index is -0.0260. The highest BCUT2D eigenvalue weighted by Gasteiger charge is 2.26. The molecule has 1 aliphatic heterocycles. The van der Waals surface area contributed by atoms with Crippen molar-refractivity contribution in [2.75, 3.05) is 13.1 Å². The largest absolute Gasteiger partial charge is 0.415 e. The standard InChI is InChI=1S/C20H21N6O/c1-23-10-11-26(14-23)20(27)25-8-6-15(7-9-25)18(12-21)17-5-3-4-16-13-22-24(2)19(16)17/h3-5,10-11,13-14H,6-9H2,1-2H3/q+1. The van der Waals surface area contributed by atoms with E-state index in [1.807, 2.05) is 58.8 Å². The summed E-state index contributed by atoms with van der Waals surface area (Å²) in [5.74, 6) is 0. The number of imidazole rings is 1. The number of benzene rings is 1. The fraction of sp³-hybridized carbons (Fsp3) is 0.300. The molecular weight excluding hydrogens is 340 g/mol. The van der Waals surface area contributed by atoms with Crippen molar-refractivity contribution in [3.63, 3.8) is 0 Å². The van der Waals surface area contributed by atoms with Crippen LogP contribution in [-0.4, -0.2) is 38.4 Å². The Kier molecular flexibility index (Phi) is 4.24. The summed E-state index contributed by atoms with van der Waals surface area (Å²) in [6.45, 7) is 1.23. The molecular formula is C20H21N6O+. The highest BCUT2D eigenvalue weighted by molar-refractivity contribution is 5.95. The van der Waals surface area contributed by atoms with Crippen molar-refractivity contribution < 1.29 is 9.36 Å². The minimum absolute atomic E-state index is 0.0260. The Labute approximate surface area is 157 Å². The molecule has 4 rings (SSSR count). The van der Waals surface area contributed by atoms with E-state index in [2.05, 4.69) is 11.2 Å². The van der Waals surface area contributed by atoms with E-state index >= 15 is 0 Å². The number of rotatable bonds is 1. The molecule has 0 unspecified atom stereocenters. The van der Waals surface area contributed by atoms with Crippen molar-refractivity contribution in [2.24, 2.45) is 14.1 Å². The van der Waals surface area contributed by atoms with Crippen LogP contribution in [0.1, 0.15) is 18.4 Å². The summed E-state index contributed by atoms with van der Waals surface area (Å²) in [5.41, 5.74) is 3.71. The number of carbonyl (C=O) groups is 1. The van der Waals surface area contributed by atoms with Gasteiger partial charge in [0.25, 0.3) is 6.33 Å². The summed E-state index contributed by atoms with van der Waals surface area (Å²) in [6.07, 6.45) is 8.59. The normalized spacial score (nSPS) is 14.4. The molecule has 0 radical (unpaired) electrons. The molecule has 0 spiro atoms. The Bertz CT molecular complexity index is 1090. The molecule has 3 heterocycles. The lowest BCUT2D eigenvalue weighted by atomic mass is 9.93. The number of carbonyl (C=O) groups excluding carboxylic acids is 1. The first kappa shape index (κ1) is 17.0. The predicted octanol–water partition coefficient (Wildman–Crippen LogP) is 2.24. The van der Waals surface area contributed by atoms with Gasteiger partial charge in [-0.2, -0.15) is 14.9 Å². The maximum atomic E-state index is 12.6. The number of aryl methyl sites for hydroxylation is 2. The van der Waals surface area contributed by atoms with E-state index in [0.29, 0.717) is 31.5 Å². The van der Waals surface area contributed by atoms with Crippen molar-refractivity contribution in [1.29, 1.82) is 5.26 Å². The summed E-state index contributed by atoms with van der Waals surface area (Å²) < 4.78 is 5.25. The number of piperidine rings is 1. The van der Waals surface area contributed by atoms with Crippen LogP contribution in [0.25, 0.3) is 16.5 Å². The lowest BCUT2D eigenvalue weighted by molar-refractivity contribution is -0.670. The van der Waals surface area contributed by atoms with Crippen molar-refractivity contribution in [3.05, 3.63) is 54.3 Å². The molecule has 1 aliphatic rings. The van der Waals surface area contributed by atoms with Crippen LogP contribution in [0.5, 0.6) is 0 Å². The number of fused-ring (bicyclic) bond motifs is 1. The van der Waals surface area contributed by atoms with Crippen LogP contribution >= 0.6 is 0 Å². The zero-order valence-corrected chi connectivity index (χ0v) is 15.5. The zero-order chi connectivity index (χ0) is 19.0. The van der Waals surface area contributed by atoms with Crippen molar-refractivity contribution >= 4 is 22.5 Å². The van der Waals surface area contributed by atoms with Crippen LogP contribution in [-0.2, 0) is 14.1 Å². The van der Waals surface area contributed by atoms with Gasteiger partial charge in [-0.1, -0.05) is 18.2 Å². The summed E-state index contributed by atoms with van der Waals surface area (Å²) >= 11 is 0. The molecule has 27 heavy (non-hydrogen) atoms. The average Bonchev–Trinajstić information content (AvgIpc) is 3.29. The molecule has 1 fully saturated rings. The quantitative estimate of drug-likeness (QED) is 0.493. The Morgan fingerprint density at radius 2 is 2.07 bits per heavy atom. The van der Waals surface area contributed by atoms with Gasteiger partial charge in [-0.3, -0.25) is 4.68 Å². The maximum absolute atomic E-state index is 12.6. The van der Waals surface area contributed by atoms with Crippen LogP contribution in [0.4, 0.5) is 4.79 Å². The Morgan fingerprint density at radius 3 is 2.74 bits per heavy atom. The van der Waals surface area contributed by atoms with E-state index in [4.69, 9.17) is 0 Å². The SMILES string of the molecule is Cn1ncc2cccc(C(C#N)=C3CCN(C(=O)n4cc[n+](C)c4)CC3)c21. The van der Waals surface area contributed by atoms with Gasteiger partial charge in [0.05, 0.1) is 30.4 Å². The molecule has 136 valence electrons. The van der Waals surface area contributed by atoms with Crippen LogP contribution < -0.4 is 4.57 Å². The van der Waals surface area contributed by atoms with Gasteiger partial charge in [-0.05, 0) is 18.4 Å². The second-order valence-corrected chi connectivity index (χ2v) is 6.86. The zero-order valence-electron chi connectivity index (χ0n) is 15.5. The van der Waals surface area contributed by atoms with E-state index in [9.17, 15) is 10.1 Å². The van der Waals surface area contributed by atoms with E-state index < -0.39 is 0 Å². The number of likely N-dealkylation sites (tertiary alicyclic amines) is 1. The van der Waals surface area contributed by atoms with Gasteiger partial charge in [0.1, 0.15) is 12.4 Å². The Balaban J connectivity index is 1.61. The molecule has 0 saturated carbocycles. The van der Waals surface area contributed by atoms with Gasteiger partial charge in [0.15, 0.2) is 0 Å². The van der Waals surface area contributed by atoms with E-state index in [1.165, 1.54) is 0 Å². The number of hydrogen-bond donors (Lipinski definition) is 0. The van der Waals surface area contributed by atoms with Gasteiger partial charge in [-0.15, -0.1) is 0 Å². The molecule has 1 aromatic carbocycles. The molecule has 1 amide bonds. The topological polar surface area (TPSA) is 70.7 Å². The Morgan fingerprint density at radius 1 is 1.30 bits per heavy atom. The van der Waals surface area contributed by atoms with E-state index in [0.717, 1.165) is 22.0 Å². The molecule has 0 N–H and O–H groups in total. The average molecular weight is 361 g/mol. The van der Waals surface area contributed by atoms with Gasteiger partial charge < -0.3 is 4.90 Å². The second kappa shape index (κ2) is 6.72. The van der Waals surface area contributed by atoms with Crippen molar-refractivity contribution in [2.45, 2.75) is 12.8 Å². The number of amides is 1. The van der Waals surface area contributed by atoms with E-state index in [1.54, 1.807) is 17.1 Å². The minimum Gasteiger partial charge on any atom is -0.304 e. The van der Waals surface area contributed by atoms with Crippen LogP contribution in [0.2, 0.25) is 0 Å². The molecule has 1 saturated heterocycles. The number of hydrogen-bond acceptors (Lipinski definition) is 3. The first-order chi connectivity index (χ1) is 13.1.